The maximum absolute atomic E-state index is 13.7. The Morgan fingerprint density at radius 2 is 1.57 bits per heavy atom. The smallest absolute Gasteiger partial charge is 0.123 e. The van der Waals surface area contributed by atoms with Crippen molar-refractivity contribution in [1.29, 1.82) is 0 Å². The Bertz CT molecular complexity index is 2820. The fraction of sp³-hybridized carbons (Fsp3) is 0.240. The van der Waals surface area contributed by atoms with Crippen molar-refractivity contribution in [3.63, 3.8) is 0 Å². The van der Waals surface area contributed by atoms with E-state index in [0.717, 1.165) is 69.6 Å². The Balaban J connectivity index is 0.000000204. The molecule has 0 spiro atoms. The van der Waals surface area contributed by atoms with E-state index in [1.165, 1.54) is 6.07 Å². The molecule has 0 aliphatic carbocycles. The molecule has 0 fully saturated rings. The molecule has 0 saturated heterocycles. The maximum Gasteiger partial charge on any atom is 0.123 e. The van der Waals surface area contributed by atoms with Gasteiger partial charge in [0.1, 0.15) is 5.82 Å². The molecule has 3 aromatic heterocycles. The van der Waals surface area contributed by atoms with Crippen LogP contribution in [0.5, 0.6) is 0 Å². The van der Waals surface area contributed by atoms with Crippen molar-refractivity contribution in [2.75, 3.05) is 0 Å². The molecule has 1 radical (unpaired) electrons. The molecule has 0 atom stereocenters. The van der Waals surface area contributed by atoms with E-state index < -0.39 is 26.2 Å². The van der Waals surface area contributed by atoms with E-state index in [0.29, 0.717) is 11.3 Å². The number of nitrogens with zero attached hydrogens (tertiary/aromatic N) is 2. The summed E-state index contributed by atoms with van der Waals surface area (Å²) < 4.78 is 50.6. The number of aromatic nitrogens is 2. The summed E-state index contributed by atoms with van der Waals surface area (Å²) in [5, 5.41) is 5.58. The normalized spacial score (nSPS) is 13.4. The first-order valence-corrected chi connectivity index (χ1v) is 23.1. The van der Waals surface area contributed by atoms with Gasteiger partial charge in [-0.25, -0.2) is 4.39 Å². The van der Waals surface area contributed by atoms with Crippen molar-refractivity contribution < 1.29 is 30.0 Å². The first-order valence-electron chi connectivity index (χ1n) is 20.8. The fourth-order valence-electron chi connectivity index (χ4n) is 6.80. The van der Waals surface area contributed by atoms with E-state index in [1.54, 1.807) is 35.7 Å². The zero-order chi connectivity index (χ0) is 42.5. The van der Waals surface area contributed by atoms with Gasteiger partial charge in [-0.3, -0.25) is 0 Å². The number of hydrogen-bond acceptors (Lipinski definition) is 3. The van der Waals surface area contributed by atoms with Crippen molar-refractivity contribution >= 4 is 55.5 Å². The number of fused-ring (bicyclic) bond motifs is 4. The SMILES string of the molecule is [2H]C([2H])(c1cc(-c2[c-]ccc3ccccc23)ncc1[Si](C)(C)C)C(C)C.[2H]C([2H])(c1ccnc(-c2[c-]cc3sc4cc(-c5cccc(F)c5)ccc4c3c2)c1)C(C)(C)C.[Ir]. The summed E-state index contributed by atoms with van der Waals surface area (Å²) in [6.45, 7) is 16.3. The van der Waals surface area contributed by atoms with Gasteiger partial charge in [0.05, 0.1) is 8.07 Å². The summed E-state index contributed by atoms with van der Waals surface area (Å²) in [7, 11) is -1.72. The van der Waals surface area contributed by atoms with Crippen LogP contribution in [0, 0.1) is 29.3 Å². The Hall–Kier alpha value is -4.32. The van der Waals surface area contributed by atoms with Gasteiger partial charge in [-0.05, 0) is 86.1 Å². The number of halogens is 1. The summed E-state index contributed by atoms with van der Waals surface area (Å²) >= 11 is 1.68. The van der Waals surface area contributed by atoms with Crippen LogP contribution in [0.4, 0.5) is 4.39 Å². The molecule has 287 valence electrons. The Kier molecular flexibility index (Phi) is 11.0. The Morgan fingerprint density at radius 1 is 0.786 bits per heavy atom. The van der Waals surface area contributed by atoms with Gasteiger partial charge < -0.3 is 9.97 Å². The minimum absolute atomic E-state index is 0. The predicted molar refractivity (Wildman–Crippen MR) is 237 cm³/mol. The molecular weight excluding hydrogens is 900 g/mol. The summed E-state index contributed by atoms with van der Waals surface area (Å²) in [6.07, 6.45) is 0.699. The van der Waals surface area contributed by atoms with Crippen LogP contribution in [0.1, 0.15) is 51.2 Å². The van der Waals surface area contributed by atoms with E-state index in [9.17, 15) is 4.39 Å². The van der Waals surface area contributed by atoms with Crippen molar-refractivity contribution in [2.24, 2.45) is 11.3 Å². The molecule has 56 heavy (non-hydrogen) atoms. The third-order valence-electron chi connectivity index (χ3n) is 9.25. The average molecular weight is 953 g/mol. The molecule has 0 aliphatic heterocycles. The molecule has 0 amide bonds. The largest absolute Gasteiger partial charge is 0.305 e. The molecule has 0 unspecified atom stereocenters. The quantitative estimate of drug-likeness (QED) is 0.118. The topological polar surface area (TPSA) is 25.8 Å². The zero-order valence-corrected chi connectivity index (χ0v) is 37.3. The van der Waals surface area contributed by atoms with Crippen LogP contribution in [0.15, 0.2) is 122 Å². The molecule has 6 heteroatoms. The fourth-order valence-corrected chi connectivity index (χ4v) is 9.31. The molecule has 8 rings (SSSR count). The summed E-state index contributed by atoms with van der Waals surface area (Å²) in [6, 6.07) is 41.3. The standard InChI is InChI=1S/C28H23FNS.C22H26NSi.Ir/c1-28(2,3)17-18-11-12-30-25(13-18)21-8-10-26-24(15-21)23-9-7-20(16-27(23)31-26)19-5-4-6-22(29)14-19;1-16(2)13-18-14-21(23-15-22(18)24(3,4)5)20-12-8-10-17-9-6-7-11-19(17)20;/h4-7,9-16H,17H2,1-3H3;6-11,14-16H,13H2,1-5H3;/q2*-1;/i17D2;13D2;. The van der Waals surface area contributed by atoms with Gasteiger partial charge in [0.2, 0.25) is 0 Å². The minimum atomic E-state index is -1.72. The van der Waals surface area contributed by atoms with E-state index in [2.05, 4.69) is 67.1 Å². The van der Waals surface area contributed by atoms with Crippen LogP contribution in [0.25, 0.3) is 64.6 Å². The third kappa shape index (κ3) is 9.61. The monoisotopic (exact) mass is 953 g/mol. The van der Waals surface area contributed by atoms with Crippen molar-refractivity contribution in [3.8, 4) is 33.6 Å². The number of thiophene rings is 1. The number of pyridine rings is 2. The molecule has 0 aliphatic rings. The molecule has 0 N–H and O–H groups in total. The van der Waals surface area contributed by atoms with Gasteiger partial charge in [0.25, 0.3) is 0 Å². The predicted octanol–water partition coefficient (Wildman–Crippen LogP) is 13.8. The number of rotatable bonds is 7. The molecule has 8 aromatic rings. The van der Waals surface area contributed by atoms with E-state index >= 15 is 0 Å². The number of benzene rings is 5. The average Bonchev–Trinajstić information content (AvgIpc) is 3.57. The van der Waals surface area contributed by atoms with Crippen LogP contribution in [-0.2, 0) is 32.9 Å². The molecule has 3 heterocycles. The minimum Gasteiger partial charge on any atom is -0.305 e. The Morgan fingerprint density at radius 3 is 2.32 bits per heavy atom. The van der Waals surface area contributed by atoms with Crippen LogP contribution in [0.3, 0.4) is 0 Å². The number of hydrogen-bond donors (Lipinski definition) is 0. The first-order chi connectivity index (χ1) is 27.8. The Labute approximate surface area is 356 Å². The second-order valence-electron chi connectivity index (χ2n) is 16.4. The summed E-state index contributed by atoms with van der Waals surface area (Å²) in [4.78, 5) is 9.24. The first kappa shape index (κ1) is 36.0. The molecule has 0 bridgehead atoms. The van der Waals surface area contributed by atoms with Crippen LogP contribution < -0.4 is 5.19 Å². The molecule has 2 nitrogen and oxygen atoms in total. The van der Waals surface area contributed by atoms with E-state index in [4.69, 9.17) is 10.5 Å². The third-order valence-corrected chi connectivity index (χ3v) is 12.4. The maximum atomic E-state index is 13.7. The van der Waals surface area contributed by atoms with Gasteiger partial charge >= 0.3 is 0 Å². The van der Waals surface area contributed by atoms with Gasteiger partial charge in [0, 0.05) is 42.7 Å². The molecule has 0 saturated carbocycles. The summed E-state index contributed by atoms with van der Waals surface area (Å²) in [5.41, 5.74) is 5.98. The van der Waals surface area contributed by atoms with E-state index in [1.807, 2.05) is 95.4 Å². The van der Waals surface area contributed by atoms with Gasteiger partial charge in [-0.2, -0.15) is 11.3 Å². The van der Waals surface area contributed by atoms with Crippen LogP contribution in [0.2, 0.25) is 19.6 Å². The van der Waals surface area contributed by atoms with Crippen molar-refractivity contribution in [3.05, 3.63) is 151 Å². The molecule has 5 aromatic carbocycles. The van der Waals surface area contributed by atoms with Gasteiger partial charge in [-0.15, -0.1) is 52.9 Å². The van der Waals surface area contributed by atoms with Crippen LogP contribution in [-0.4, -0.2) is 18.0 Å². The zero-order valence-electron chi connectivity index (χ0n) is 37.1. The molecular formula is C50H49FIrN2SSi-2. The van der Waals surface area contributed by atoms with E-state index in [-0.39, 0.29) is 31.8 Å². The van der Waals surface area contributed by atoms with Gasteiger partial charge in [0.15, 0.2) is 0 Å². The van der Waals surface area contributed by atoms with Crippen LogP contribution >= 0.6 is 11.3 Å². The second-order valence-corrected chi connectivity index (χ2v) is 22.5. The van der Waals surface area contributed by atoms with Crippen molar-refractivity contribution in [1.82, 2.24) is 9.97 Å². The summed E-state index contributed by atoms with van der Waals surface area (Å²) in [5.74, 6) is -0.349. The van der Waals surface area contributed by atoms with Crippen molar-refractivity contribution in [2.45, 2.75) is 67.0 Å². The van der Waals surface area contributed by atoms with Gasteiger partial charge in [-0.1, -0.05) is 137 Å². The second kappa shape index (κ2) is 17.0.